The van der Waals surface area contributed by atoms with Crippen LogP contribution in [0.15, 0.2) is 18.2 Å². The molecule has 1 saturated heterocycles. The van der Waals surface area contributed by atoms with E-state index >= 15 is 0 Å². The second kappa shape index (κ2) is 6.93. The highest BCUT2D eigenvalue weighted by Crippen LogP contribution is 2.22. The maximum Gasteiger partial charge on any atom is 0.204 e. The van der Waals surface area contributed by atoms with E-state index in [2.05, 4.69) is 32.4 Å². The van der Waals surface area contributed by atoms with Crippen molar-refractivity contribution in [2.45, 2.75) is 32.4 Å². The molecule has 118 valence electrons. The van der Waals surface area contributed by atoms with Crippen LogP contribution in [0.5, 0.6) is 0 Å². The van der Waals surface area contributed by atoms with E-state index in [4.69, 9.17) is 4.74 Å². The average molecular weight is 305 g/mol. The van der Waals surface area contributed by atoms with Gasteiger partial charge in [0.05, 0.1) is 6.61 Å². The van der Waals surface area contributed by atoms with Gasteiger partial charge in [-0.05, 0) is 36.3 Å². The lowest BCUT2D eigenvalue weighted by atomic mass is 10.1. The summed E-state index contributed by atoms with van der Waals surface area (Å²) in [4.78, 5) is 2.30. The molecule has 0 amide bonds. The third-order valence-corrected chi connectivity index (χ3v) is 4.13. The minimum Gasteiger partial charge on any atom is -0.380 e. The minimum absolute atomic E-state index is 0.202. The lowest BCUT2D eigenvalue weighted by molar-refractivity contribution is 0.138. The van der Waals surface area contributed by atoms with Gasteiger partial charge >= 0.3 is 0 Å². The first-order valence-corrected chi connectivity index (χ1v) is 7.62. The van der Waals surface area contributed by atoms with Crippen LogP contribution in [-0.4, -0.2) is 51.3 Å². The third kappa shape index (κ3) is 3.31. The molecule has 7 heteroatoms. The van der Waals surface area contributed by atoms with Gasteiger partial charge in [-0.3, -0.25) is 4.90 Å². The summed E-state index contributed by atoms with van der Waals surface area (Å²) in [5, 5.41) is 13.9. The summed E-state index contributed by atoms with van der Waals surface area (Å²) in [7, 11) is 0. The molecule has 1 aliphatic rings. The highest BCUT2D eigenvalue weighted by molar-refractivity contribution is 5.55. The fourth-order valence-electron chi connectivity index (χ4n) is 2.88. The summed E-state index contributed by atoms with van der Waals surface area (Å²) >= 11 is 0. The first kappa shape index (κ1) is 15.1. The Hall–Kier alpha value is -1.86. The van der Waals surface area contributed by atoms with Crippen LogP contribution in [0, 0.1) is 5.82 Å². The number of nitrogens with one attached hydrogen (secondary N) is 1. The molecule has 0 saturated carbocycles. The number of halogens is 1. The van der Waals surface area contributed by atoms with Gasteiger partial charge in [-0.1, -0.05) is 6.92 Å². The second-order valence-electron chi connectivity index (χ2n) is 5.48. The van der Waals surface area contributed by atoms with E-state index in [-0.39, 0.29) is 5.82 Å². The Kier molecular flexibility index (Phi) is 4.74. The fourth-order valence-corrected chi connectivity index (χ4v) is 2.88. The van der Waals surface area contributed by atoms with Crippen molar-refractivity contribution in [1.82, 2.24) is 25.5 Å². The number of tetrazole rings is 1. The van der Waals surface area contributed by atoms with E-state index in [1.54, 1.807) is 12.1 Å². The predicted octanol–water partition coefficient (Wildman–Crippen LogP) is 2.01. The molecule has 1 aliphatic heterocycles. The largest absolute Gasteiger partial charge is 0.380 e. The van der Waals surface area contributed by atoms with Crippen molar-refractivity contribution in [2.75, 3.05) is 19.8 Å². The standard InChI is InChI=1S/C15H20FN5O/c1-2-13-5-7-22-8-6-21(13)10-12-9-11(3-4-14(12)16)15-17-19-20-18-15/h3-4,9,13H,2,5-8,10H2,1H3,(H,17,18,19,20). The summed E-state index contributed by atoms with van der Waals surface area (Å²) < 4.78 is 19.7. The van der Waals surface area contributed by atoms with Crippen molar-refractivity contribution < 1.29 is 9.13 Å². The Morgan fingerprint density at radius 2 is 2.32 bits per heavy atom. The predicted molar refractivity (Wildman–Crippen MR) is 79.5 cm³/mol. The van der Waals surface area contributed by atoms with Crippen molar-refractivity contribution in [1.29, 1.82) is 0 Å². The number of aromatic nitrogens is 4. The number of hydrogen-bond donors (Lipinski definition) is 1. The van der Waals surface area contributed by atoms with E-state index < -0.39 is 0 Å². The van der Waals surface area contributed by atoms with Crippen molar-refractivity contribution in [3.63, 3.8) is 0 Å². The van der Waals surface area contributed by atoms with Gasteiger partial charge in [0.1, 0.15) is 5.82 Å². The smallest absolute Gasteiger partial charge is 0.204 e. The monoisotopic (exact) mass is 305 g/mol. The molecule has 1 aromatic heterocycles. The van der Waals surface area contributed by atoms with Crippen LogP contribution in [0.4, 0.5) is 4.39 Å². The Bertz CT molecular complexity index is 604. The van der Waals surface area contributed by atoms with Crippen LogP contribution in [0.1, 0.15) is 25.3 Å². The molecule has 1 atom stereocenters. The van der Waals surface area contributed by atoms with Crippen molar-refractivity contribution in [2.24, 2.45) is 0 Å². The van der Waals surface area contributed by atoms with Crippen molar-refractivity contribution in [3.8, 4) is 11.4 Å². The highest BCUT2D eigenvalue weighted by Gasteiger charge is 2.21. The van der Waals surface area contributed by atoms with Crippen LogP contribution >= 0.6 is 0 Å². The quantitative estimate of drug-likeness (QED) is 0.936. The van der Waals surface area contributed by atoms with Crippen LogP contribution in [0.25, 0.3) is 11.4 Å². The number of hydrogen-bond acceptors (Lipinski definition) is 5. The van der Waals surface area contributed by atoms with Gasteiger partial charge in [0.25, 0.3) is 0 Å². The Morgan fingerprint density at radius 3 is 3.09 bits per heavy atom. The van der Waals surface area contributed by atoms with Crippen molar-refractivity contribution >= 4 is 0 Å². The summed E-state index contributed by atoms with van der Waals surface area (Å²) in [5.74, 6) is 0.278. The summed E-state index contributed by atoms with van der Waals surface area (Å²) in [5.41, 5.74) is 1.42. The van der Waals surface area contributed by atoms with Gasteiger partial charge in [-0.2, -0.15) is 5.21 Å². The summed E-state index contributed by atoms with van der Waals surface area (Å²) in [6.07, 6.45) is 2.03. The molecule has 22 heavy (non-hydrogen) atoms. The highest BCUT2D eigenvalue weighted by atomic mass is 19.1. The first-order chi connectivity index (χ1) is 10.8. The van der Waals surface area contributed by atoms with Crippen LogP contribution in [0.2, 0.25) is 0 Å². The Morgan fingerprint density at radius 1 is 1.41 bits per heavy atom. The van der Waals surface area contributed by atoms with E-state index in [0.717, 1.165) is 31.6 Å². The van der Waals surface area contributed by atoms with E-state index in [1.807, 2.05) is 0 Å². The lowest BCUT2D eigenvalue weighted by Gasteiger charge is -2.28. The lowest BCUT2D eigenvalue weighted by Crippen LogP contribution is -2.35. The number of benzene rings is 1. The van der Waals surface area contributed by atoms with Gasteiger partial charge in [-0.15, -0.1) is 10.2 Å². The molecule has 1 aromatic carbocycles. The zero-order chi connectivity index (χ0) is 15.4. The van der Waals surface area contributed by atoms with Gasteiger partial charge < -0.3 is 4.74 Å². The molecule has 0 bridgehead atoms. The number of ether oxygens (including phenoxy) is 1. The maximum absolute atomic E-state index is 14.2. The number of rotatable bonds is 4. The normalized spacial score (nSPS) is 20.0. The SMILES string of the molecule is CCC1CCOCCN1Cc1cc(-c2nn[nH]n2)ccc1F. The molecule has 0 aliphatic carbocycles. The molecule has 0 spiro atoms. The van der Waals surface area contributed by atoms with E-state index in [1.165, 1.54) is 6.07 Å². The number of H-pyrrole nitrogens is 1. The summed E-state index contributed by atoms with van der Waals surface area (Å²) in [6, 6.07) is 5.37. The van der Waals surface area contributed by atoms with Crippen molar-refractivity contribution in [3.05, 3.63) is 29.6 Å². The minimum atomic E-state index is -0.202. The molecule has 0 radical (unpaired) electrons. The van der Waals surface area contributed by atoms with Gasteiger partial charge in [-0.25, -0.2) is 4.39 Å². The zero-order valence-electron chi connectivity index (χ0n) is 12.6. The van der Waals surface area contributed by atoms with Crippen LogP contribution < -0.4 is 0 Å². The third-order valence-electron chi connectivity index (χ3n) is 4.13. The molecule has 1 fully saturated rings. The molecule has 1 unspecified atom stereocenters. The first-order valence-electron chi connectivity index (χ1n) is 7.62. The fraction of sp³-hybridized carbons (Fsp3) is 0.533. The number of aromatic amines is 1. The second-order valence-corrected chi connectivity index (χ2v) is 5.48. The zero-order valence-corrected chi connectivity index (χ0v) is 12.6. The van der Waals surface area contributed by atoms with Crippen LogP contribution in [0.3, 0.4) is 0 Å². The van der Waals surface area contributed by atoms with Gasteiger partial charge in [0, 0.05) is 36.9 Å². The molecule has 2 heterocycles. The van der Waals surface area contributed by atoms with Crippen LogP contribution in [-0.2, 0) is 11.3 Å². The van der Waals surface area contributed by atoms with E-state index in [9.17, 15) is 4.39 Å². The van der Waals surface area contributed by atoms with Gasteiger partial charge in [0.2, 0.25) is 5.82 Å². The van der Waals surface area contributed by atoms with E-state index in [0.29, 0.717) is 30.6 Å². The average Bonchev–Trinajstić information content (AvgIpc) is 2.97. The molecule has 6 nitrogen and oxygen atoms in total. The molecular formula is C15H20FN5O. The molecular weight excluding hydrogens is 285 g/mol. The maximum atomic E-state index is 14.2. The number of nitrogens with zero attached hydrogens (tertiary/aromatic N) is 4. The Labute approximate surface area is 128 Å². The summed E-state index contributed by atoms with van der Waals surface area (Å²) in [6.45, 7) is 5.03. The topological polar surface area (TPSA) is 66.9 Å². The molecule has 3 rings (SSSR count). The molecule has 1 N–H and O–H groups in total. The Balaban J connectivity index is 1.82. The van der Waals surface area contributed by atoms with Gasteiger partial charge in [0.15, 0.2) is 0 Å². The molecule has 2 aromatic rings.